The van der Waals surface area contributed by atoms with Crippen LogP contribution in [0.2, 0.25) is 0 Å². The lowest BCUT2D eigenvalue weighted by Gasteiger charge is -2.04. The maximum absolute atomic E-state index is 11.1. The molecule has 106 valence electrons. The van der Waals surface area contributed by atoms with Crippen LogP contribution in [0, 0.1) is 0 Å². The number of carboxylic acid groups (broad SMARTS) is 1. The summed E-state index contributed by atoms with van der Waals surface area (Å²) in [5.74, 6) is -0.947. The number of aromatic carboxylic acids is 1. The van der Waals surface area contributed by atoms with E-state index in [-0.39, 0.29) is 5.56 Å². The van der Waals surface area contributed by atoms with Gasteiger partial charge in [0, 0.05) is 0 Å². The van der Waals surface area contributed by atoms with E-state index in [9.17, 15) is 4.79 Å². The summed E-state index contributed by atoms with van der Waals surface area (Å²) < 4.78 is 1.72. The minimum atomic E-state index is -0.947. The molecule has 0 aliphatic heterocycles. The molecule has 0 saturated carbocycles. The maximum Gasteiger partial charge on any atom is 0.335 e. The van der Waals surface area contributed by atoms with Crippen LogP contribution in [-0.2, 0) is 13.0 Å². The van der Waals surface area contributed by atoms with Gasteiger partial charge in [0.05, 0.1) is 17.6 Å². The molecule has 5 nitrogen and oxygen atoms in total. The first-order chi connectivity index (χ1) is 10.2. The van der Waals surface area contributed by atoms with E-state index >= 15 is 0 Å². The summed E-state index contributed by atoms with van der Waals surface area (Å²) in [4.78, 5) is 11.1. The predicted octanol–water partition coefficient (Wildman–Crippen LogP) is 2.74. The Labute approximate surface area is 121 Å². The van der Waals surface area contributed by atoms with Crippen LogP contribution < -0.4 is 0 Å². The monoisotopic (exact) mass is 281 g/mol. The molecule has 3 aromatic rings. The first kappa shape index (κ1) is 13.3. The van der Waals surface area contributed by atoms with E-state index in [1.807, 2.05) is 0 Å². The summed E-state index contributed by atoms with van der Waals surface area (Å²) in [7, 11) is 0. The molecule has 0 unspecified atom stereocenters. The van der Waals surface area contributed by atoms with Crippen molar-refractivity contribution in [3.8, 4) is 0 Å². The lowest BCUT2D eigenvalue weighted by atomic mass is 10.1. The molecule has 3 rings (SSSR count). The van der Waals surface area contributed by atoms with Crippen LogP contribution in [0.3, 0.4) is 0 Å². The molecule has 0 bridgehead atoms. The number of carbonyl (C=O) groups is 1. The van der Waals surface area contributed by atoms with Crippen molar-refractivity contribution in [2.24, 2.45) is 0 Å². The highest BCUT2D eigenvalue weighted by molar-refractivity contribution is 5.92. The number of hydrogen-bond acceptors (Lipinski definition) is 3. The fourth-order valence-electron chi connectivity index (χ4n) is 2.27. The van der Waals surface area contributed by atoms with Gasteiger partial charge in [-0.1, -0.05) is 36.4 Å². The summed E-state index contributed by atoms with van der Waals surface area (Å²) in [5, 5.41) is 17.2. The smallest absolute Gasteiger partial charge is 0.335 e. The number of aryl methyl sites for hydroxylation is 1. The highest BCUT2D eigenvalue weighted by atomic mass is 16.4. The van der Waals surface area contributed by atoms with E-state index in [0.717, 1.165) is 17.5 Å². The third-order valence-corrected chi connectivity index (χ3v) is 3.52. The third kappa shape index (κ3) is 2.63. The number of nitrogens with zero attached hydrogens (tertiary/aromatic N) is 3. The fraction of sp³-hybridized carbons (Fsp3) is 0.188. The van der Waals surface area contributed by atoms with Crippen LogP contribution in [0.5, 0.6) is 0 Å². The average Bonchev–Trinajstić information content (AvgIpc) is 2.90. The molecule has 21 heavy (non-hydrogen) atoms. The van der Waals surface area contributed by atoms with E-state index in [2.05, 4.69) is 41.5 Å². The second-order valence-corrected chi connectivity index (χ2v) is 4.93. The minimum absolute atomic E-state index is 0.243. The summed E-state index contributed by atoms with van der Waals surface area (Å²) in [6.45, 7) is 2.69. The van der Waals surface area contributed by atoms with E-state index < -0.39 is 5.97 Å². The zero-order chi connectivity index (χ0) is 14.8. The highest BCUT2D eigenvalue weighted by Crippen LogP contribution is 2.15. The normalized spacial score (nSPS) is 10.9. The standard InChI is InChI=1S/C16H15N3O2/c1-2-11-3-5-12(6-4-11)10-19-15-9-13(16(20)21)7-8-14(15)17-18-19/h3-9H,2,10H2,1H3,(H,20,21). The maximum atomic E-state index is 11.1. The zero-order valence-corrected chi connectivity index (χ0v) is 11.7. The molecule has 1 aromatic heterocycles. The Balaban J connectivity index is 1.95. The van der Waals surface area contributed by atoms with Gasteiger partial charge in [-0.25, -0.2) is 9.48 Å². The van der Waals surface area contributed by atoms with Crippen LogP contribution in [0.15, 0.2) is 42.5 Å². The quantitative estimate of drug-likeness (QED) is 0.798. The highest BCUT2D eigenvalue weighted by Gasteiger charge is 2.09. The lowest BCUT2D eigenvalue weighted by molar-refractivity contribution is 0.0697. The van der Waals surface area contributed by atoms with Crippen molar-refractivity contribution in [3.63, 3.8) is 0 Å². The molecule has 0 aliphatic rings. The van der Waals surface area contributed by atoms with Crippen LogP contribution >= 0.6 is 0 Å². The molecule has 1 N–H and O–H groups in total. The van der Waals surface area contributed by atoms with Gasteiger partial charge >= 0.3 is 5.97 Å². The summed E-state index contributed by atoms with van der Waals surface area (Å²) in [6, 6.07) is 13.1. The number of rotatable bonds is 4. The Morgan fingerprint density at radius 1 is 1.14 bits per heavy atom. The van der Waals surface area contributed by atoms with E-state index in [0.29, 0.717) is 12.1 Å². The van der Waals surface area contributed by atoms with Gasteiger partial charge in [0.1, 0.15) is 5.52 Å². The van der Waals surface area contributed by atoms with Crippen molar-refractivity contribution in [1.82, 2.24) is 15.0 Å². The van der Waals surface area contributed by atoms with Crippen molar-refractivity contribution in [2.45, 2.75) is 19.9 Å². The number of aromatic nitrogens is 3. The number of fused-ring (bicyclic) bond motifs is 1. The number of benzene rings is 2. The van der Waals surface area contributed by atoms with Crippen molar-refractivity contribution in [2.75, 3.05) is 0 Å². The summed E-state index contributed by atoms with van der Waals surface area (Å²) >= 11 is 0. The molecule has 2 aromatic carbocycles. The average molecular weight is 281 g/mol. The van der Waals surface area contributed by atoms with E-state index in [1.54, 1.807) is 22.9 Å². The van der Waals surface area contributed by atoms with Crippen molar-refractivity contribution >= 4 is 17.0 Å². The van der Waals surface area contributed by atoms with E-state index in [1.165, 1.54) is 5.56 Å². The Morgan fingerprint density at radius 2 is 1.86 bits per heavy atom. The first-order valence-corrected chi connectivity index (χ1v) is 6.81. The van der Waals surface area contributed by atoms with E-state index in [4.69, 9.17) is 5.11 Å². The lowest BCUT2D eigenvalue weighted by Crippen LogP contribution is -2.03. The Morgan fingerprint density at radius 3 is 2.52 bits per heavy atom. The largest absolute Gasteiger partial charge is 0.478 e. The van der Waals surface area contributed by atoms with Crippen molar-refractivity contribution in [1.29, 1.82) is 0 Å². The molecule has 0 amide bonds. The Bertz CT molecular complexity index is 791. The molecule has 0 fully saturated rings. The molecular weight excluding hydrogens is 266 g/mol. The number of hydrogen-bond donors (Lipinski definition) is 1. The van der Waals surface area contributed by atoms with Gasteiger partial charge in [-0.05, 0) is 35.7 Å². The minimum Gasteiger partial charge on any atom is -0.478 e. The van der Waals surface area contributed by atoms with Gasteiger partial charge in [0.2, 0.25) is 0 Å². The molecule has 0 saturated heterocycles. The molecule has 0 spiro atoms. The summed E-state index contributed by atoms with van der Waals surface area (Å²) in [5.41, 5.74) is 4.07. The number of carboxylic acids is 1. The molecule has 0 radical (unpaired) electrons. The van der Waals surface area contributed by atoms with Crippen LogP contribution in [0.1, 0.15) is 28.4 Å². The Hall–Kier alpha value is -2.69. The predicted molar refractivity (Wildman–Crippen MR) is 79.4 cm³/mol. The second kappa shape index (κ2) is 5.36. The Kier molecular flexibility index (Phi) is 3.39. The van der Waals surface area contributed by atoms with Crippen molar-refractivity contribution in [3.05, 3.63) is 59.2 Å². The topological polar surface area (TPSA) is 68.0 Å². The molecule has 0 aliphatic carbocycles. The van der Waals surface area contributed by atoms with Gasteiger partial charge < -0.3 is 5.11 Å². The van der Waals surface area contributed by atoms with Crippen LogP contribution in [0.25, 0.3) is 11.0 Å². The molecule has 5 heteroatoms. The SMILES string of the molecule is CCc1ccc(Cn2nnc3ccc(C(=O)O)cc32)cc1. The zero-order valence-electron chi connectivity index (χ0n) is 11.7. The van der Waals surface area contributed by atoms with Gasteiger partial charge in [0.15, 0.2) is 0 Å². The third-order valence-electron chi connectivity index (χ3n) is 3.52. The fourth-order valence-corrected chi connectivity index (χ4v) is 2.27. The second-order valence-electron chi connectivity index (χ2n) is 4.93. The van der Waals surface area contributed by atoms with Crippen molar-refractivity contribution < 1.29 is 9.90 Å². The molecule has 0 atom stereocenters. The van der Waals surface area contributed by atoms with Gasteiger partial charge in [-0.3, -0.25) is 0 Å². The summed E-state index contributed by atoms with van der Waals surface area (Å²) in [6.07, 6.45) is 1.01. The van der Waals surface area contributed by atoms with Crippen LogP contribution in [-0.4, -0.2) is 26.1 Å². The van der Waals surface area contributed by atoms with Gasteiger partial charge in [-0.2, -0.15) is 0 Å². The van der Waals surface area contributed by atoms with Gasteiger partial charge in [0.25, 0.3) is 0 Å². The van der Waals surface area contributed by atoms with Crippen LogP contribution in [0.4, 0.5) is 0 Å². The molecule has 1 heterocycles. The molecular formula is C16H15N3O2. The van der Waals surface area contributed by atoms with Gasteiger partial charge in [-0.15, -0.1) is 5.10 Å². The first-order valence-electron chi connectivity index (χ1n) is 6.81.